The smallest absolute Gasteiger partial charge is 0.321 e. The van der Waals surface area contributed by atoms with Gasteiger partial charge in [-0.25, -0.2) is 14.2 Å². The first kappa shape index (κ1) is 25.2. The van der Waals surface area contributed by atoms with Crippen LogP contribution in [-0.4, -0.2) is 55.3 Å². The van der Waals surface area contributed by atoms with Crippen molar-refractivity contribution in [3.8, 4) is 5.75 Å². The Bertz CT molecular complexity index is 1190. The van der Waals surface area contributed by atoms with Crippen molar-refractivity contribution in [2.75, 3.05) is 44.7 Å². The average Bonchev–Trinajstić information content (AvgIpc) is 3.18. The molecule has 0 radical (unpaired) electrons. The number of benzene rings is 2. The zero-order valence-electron chi connectivity index (χ0n) is 18.2. The van der Waals surface area contributed by atoms with Gasteiger partial charge < -0.3 is 14.8 Å². The van der Waals surface area contributed by atoms with E-state index in [1.807, 2.05) is 0 Å². The molecule has 7 nitrogen and oxygen atoms in total. The van der Waals surface area contributed by atoms with Gasteiger partial charge in [-0.3, -0.25) is 10.2 Å². The number of morpholine rings is 1. The second kappa shape index (κ2) is 11.2. The van der Waals surface area contributed by atoms with Crippen LogP contribution in [0.3, 0.4) is 0 Å². The molecule has 12 heteroatoms. The third kappa shape index (κ3) is 6.02. The molecule has 2 N–H and O–H groups in total. The Morgan fingerprint density at radius 1 is 1.26 bits per heavy atom. The Kier molecular flexibility index (Phi) is 8.34. The van der Waals surface area contributed by atoms with Gasteiger partial charge in [-0.2, -0.15) is 0 Å². The summed E-state index contributed by atoms with van der Waals surface area (Å²) in [7, 11) is 0. The molecule has 1 aliphatic heterocycles. The van der Waals surface area contributed by atoms with Crippen LogP contribution in [0.2, 0.25) is 15.1 Å². The molecule has 4 rings (SSSR count). The number of halogens is 4. The van der Waals surface area contributed by atoms with Gasteiger partial charge in [0.05, 0.1) is 33.5 Å². The molecule has 34 heavy (non-hydrogen) atoms. The maximum Gasteiger partial charge on any atom is 0.321 e. The minimum absolute atomic E-state index is 0.0962. The Morgan fingerprint density at radius 3 is 2.79 bits per heavy atom. The van der Waals surface area contributed by atoms with Crippen molar-refractivity contribution < 1.29 is 18.7 Å². The molecule has 2 amide bonds. The second-order valence-corrected chi connectivity index (χ2v) is 9.84. The van der Waals surface area contributed by atoms with Gasteiger partial charge in [-0.15, -0.1) is 0 Å². The molecule has 1 aliphatic rings. The summed E-state index contributed by atoms with van der Waals surface area (Å²) >= 11 is 20.0. The Hall–Kier alpha value is -1.88. The van der Waals surface area contributed by atoms with Gasteiger partial charge in [0.25, 0.3) is 0 Å². The van der Waals surface area contributed by atoms with E-state index in [1.165, 1.54) is 23.5 Å². The molecule has 1 fully saturated rings. The normalized spacial score (nSPS) is 15.3. The fourth-order valence-corrected chi connectivity index (χ4v) is 5.28. The molecular weight excluding hydrogens is 526 g/mol. The number of fused-ring (bicyclic) bond motifs is 1. The van der Waals surface area contributed by atoms with Gasteiger partial charge in [-0.05, 0) is 25.1 Å². The first-order valence-electron chi connectivity index (χ1n) is 10.6. The second-order valence-electron chi connectivity index (χ2n) is 7.62. The lowest BCUT2D eigenvalue weighted by Gasteiger charge is -2.26. The molecule has 3 aromatic rings. The van der Waals surface area contributed by atoms with Crippen molar-refractivity contribution in [3.05, 3.63) is 50.7 Å². The number of rotatable bonds is 7. The first-order chi connectivity index (χ1) is 16.3. The number of thiazole rings is 1. The van der Waals surface area contributed by atoms with Crippen molar-refractivity contribution in [1.82, 2.24) is 15.2 Å². The number of anilines is 1. The van der Waals surface area contributed by atoms with Crippen LogP contribution in [0.15, 0.2) is 24.3 Å². The summed E-state index contributed by atoms with van der Waals surface area (Å²) in [6.45, 7) is 6.13. The summed E-state index contributed by atoms with van der Waals surface area (Å²) in [6, 6.07) is 5.65. The topological polar surface area (TPSA) is 75.7 Å². The monoisotopic (exact) mass is 546 g/mol. The molecule has 0 aliphatic carbocycles. The van der Waals surface area contributed by atoms with Gasteiger partial charge in [0.2, 0.25) is 0 Å². The average molecular weight is 548 g/mol. The van der Waals surface area contributed by atoms with Gasteiger partial charge in [0, 0.05) is 42.8 Å². The number of aromatic nitrogens is 1. The number of ether oxygens (including phenoxy) is 2. The molecular formula is C22H22Cl3FN4O3S. The fraction of sp³-hybridized carbons (Fsp3) is 0.364. The Balaban J connectivity index is 1.40. The molecule has 1 saturated heterocycles. The minimum Gasteiger partial charge on any atom is -0.484 e. The lowest BCUT2D eigenvalue weighted by molar-refractivity contribution is 0.0388. The van der Waals surface area contributed by atoms with Crippen LogP contribution in [0.25, 0.3) is 10.2 Å². The third-order valence-electron chi connectivity index (χ3n) is 5.27. The fourth-order valence-electron chi connectivity index (χ4n) is 3.53. The number of nitrogens with one attached hydrogen (secondary N) is 2. The number of hydrogen-bond donors (Lipinski definition) is 2. The molecule has 2 heterocycles. The maximum absolute atomic E-state index is 13.9. The third-order valence-corrected chi connectivity index (χ3v) is 7.21. The highest BCUT2D eigenvalue weighted by atomic mass is 35.5. The zero-order chi connectivity index (χ0) is 24.2. The highest BCUT2D eigenvalue weighted by Crippen LogP contribution is 2.39. The zero-order valence-corrected chi connectivity index (χ0v) is 21.3. The number of amides is 2. The number of carbonyl (C=O) groups is 1. The highest BCUT2D eigenvalue weighted by molar-refractivity contribution is 7.22. The minimum atomic E-state index is -0.659. The Morgan fingerprint density at radius 2 is 2.03 bits per heavy atom. The predicted molar refractivity (Wildman–Crippen MR) is 134 cm³/mol. The number of carbonyl (C=O) groups excluding carboxylic acids is 1. The number of hydrogen-bond acceptors (Lipinski definition) is 6. The SMILES string of the molecule is CC(Oc1cc2sc(NC(=O)NCCN3CCOCC3)nc2cc1Cl)c1c(Cl)ccc(F)c1Cl. The van der Waals surface area contributed by atoms with Crippen molar-refractivity contribution >= 4 is 67.5 Å². The van der Waals surface area contributed by atoms with E-state index in [9.17, 15) is 9.18 Å². The van der Waals surface area contributed by atoms with Crippen molar-refractivity contribution in [2.24, 2.45) is 0 Å². The highest BCUT2D eigenvalue weighted by Gasteiger charge is 2.20. The molecule has 2 aromatic carbocycles. The molecule has 0 saturated carbocycles. The van der Waals surface area contributed by atoms with Gasteiger partial charge in [0.1, 0.15) is 17.7 Å². The summed E-state index contributed by atoms with van der Waals surface area (Å²) < 4.78 is 25.9. The summed E-state index contributed by atoms with van der Waals surface area (Å²) in [6.07, 6.45) is -0.659. The molecule has 1 unspecified atom stereocenters. The Labute approximate surface area is 215 Å². The number of nitrogens with zero attached hydrogens (tertiary/aromatic N) is 2. The van der Waals surface area contributed by atoms with E-state index < -0.39 is 11.9 Å². The van der Waals surface area contributed by atoms with E-state index in [0.29, 0.717) is 51.8 Å². The first-order valence-corrected chi connectivity index (χ1v) is 12.5. The lowest BCUT2D eigenvalue weighted by Crippen LogP contribution is -2.42. The lowest BCUT2D eigenvalue weighted by atomic mass is 10.1. The molecule has 0 bridgehead atoms. The van der Waals surface area contributed by atoms with E-state index in [1.54, 1.807) is 19.1 Å². The summed E-state index contributed by atoms with van der Waals surface area (Å²) in [5.41, 5.74) is 0.945. The summed E-state index contributed by atoms with van der Waals surface area (Å²) in [5.74, 6) is -0.220. The van der Waals surface area contributed by atoms with Crippen molar-refractivity contribution in [2.45, 2.75) is 13.0 Å². The summed E-state index contributed by atoms with van der Waals surface area (Å²) in [4.78, 5) is 18.9. The van der Waals surface area contributed by atoms with Crippen LogP contribution < -0.4 is 15.4 Å². The van der Waals surface area contributed by atoms with Crippen LogP contribution in [-0.2, 0) is 4.74 Å². The van der Waals surface area contributed by atoms with Gasteiger partial charge in [0.15, 0.2) is 5.13 Å². The van der Waals surface area contributed by atoms with Crippen molar-refractivity contribution in [1.29, 1.82) is 0 Å². The van der Waals surface area contributed by atoms with Crippen LogP contribution in [0.4, 0.5) is 14.3 Å². The molecule has 1 aromatic heterocycles. The number of urea groups is 1. The van der Waals surface area contributed by atoms with E-state index in [0.717, 1.165) is 24.3 Å². The summed E-state index contributed by atoms with van der Waals surface area (Å²) in [5, 5.41) is 6.52. The molecule has 1 atom stereocenters. The van der Waals surface area contributed by atoms with Gasteiger partial charge in [-0.1, -0.05) is 46.1 Å². The van der Waals surface area contributed by atoms with Crippen molar-refractivity contribution in [3.63, 3.8) is 0 Å². The quantitative estimate of drug-likeness (QED) is 0.356. The molecule has 182 valence electrons. The largest absolute Gasteiger partial charge is 0.484 e. The van der Waals surface area contributed by atoms with E-state index in [-0.39, 0.29) is 11.1 Å². The van der Waals surface area contributed by atoms with E-state index in [4.69, 9.17) is 44.3 Å². The van der Waals surface area contributed by atoms with Crippen LogP contribution >= 0.6 is 46.1 Å². The van der Waals surface area contributed by atoms with Crippen LogP contribution in [0.1, 0.15) is 18.6 Å². The molecule has 0 spiro atoms. The maximum atomic E-state index is 13.9. The van der Waals surface area contributed by atoms with Gasteiger partial charge >= 0.3 is 6.03 Å². The van der Waals surface area contributed by atoms with E-state index >= 15 is 0 Å². The standard InChI is InChI=1S/C22H22Cl3FN4O3S/c1-12(19-13(23)2-3-15(26)20(19)25)33-17-11-18-16(10-14(17)24)28-22(34-18)29-21(31)27-4-5-30-6-8-32-9-7-30/h2-3,10-12H,4-9H2,1H3,(H2,27,28,29,31). The van der Waals surface area contributed by atoms with Crippen LogP contribution in [0.5, 0.6) is 5.75 Å². The predicted octanol–water partition coefficient (Wildman–Crippen LogP) is 5.99. The van der Waals surface area contributed by atoms with E-state index in [2.05, 4.69) is 20.5 Å². The van der Waals surface area contributed by atoms with Crippen LogP contribution in [0, 0.1) is 5.82 Å².